The molecule has 8 rings (SSSR count). The third-order valence-electron chi connectivity index (χ3n) is 19.1. The van der Waals surface area contributed by atoms with Crippen LogP contribution in [0.5, 0.6) is 0 Å². The maximum atomic E-state index is 15.6. The Kier molecular flexibility index (Phi) is 32.1. The molecule has 0 unspecified atom stereocenters. The first-order chi connectivity index (χ1) is 50.9. The second kappa shape index (κ2) is 41.9. The van der Waals surface area contributed by atoms with E-state index < -0.39 is 113 Å². The van der Waals surface area contributed by atoms with Gasteiger partial charge in [-0.15, -0.1) is 0 Å². The van der Waals surface area contributed by atoms with Gasteiger partial charge in [-0.05, 0) is 169 Å². The lowest BCUT2D eigenvalue weighted by atomic mass is 9.84. The number of nitrogens with one attached hydrogen (secondary N) is 11. The Balaban J connectivity index is 1.12. The molecule has 562 valence electrons. The summed E-state index contributed by atoms with van der Waals surface area (Å²) in [5.74, 6) is -7.44. The normalized spacial score (nSPS) is 14.0. The molecule has 27 heteroatoms. The van der Waals surface area contributed by atoms with E-state index in [0.29, 0.717) is 118 Å². The van der Waals surface area contributed by atoms with Crippen molar-refractivity contribution in [3.63, 3.8) is 0 Å². The van der Waals surface area contributed by atoms with Gasteiger partial charge in [-0.25, -0.2) is 0 Å². The van der Waals surface area contributed by atoms with Crippen molar-refractivity contribution in [3.8, 4) is 0 Å². The number of aromatic nitrogens is 3. The van der Waals surface area contributed by atoms with Crippen LogP contribution in [0.25, 0.3) is 32.7 Å². The van der Waals surface area contributed by atoms with E-state index in [4.69, 9.17) is 40.1 Å². The molecule has 0 aliphatic rings. The molecule has 3 aromatic heterocycles. The van der Waals surface area contributed by atoms with Crippen LogP contribution in [0.1, 0.15) is 130 Å². The molecule has 0 saturated heterocycles. The molecule has 0 spiro atoms. The van der Waals surface area contributed by atoms with Crippen molar-refractivity contribution < 1.29 is 43.2 Å². The molecule has 9 amide bonds. The number of rotatable bonds is 46. The summed E-state index contributed by atoms with van der Waals surface area (Å²) in [6.45, 7) is 1.59. The summed E-state index contributed by atoms with van der Waals surface area (Å²) < 4.78 is 0. The second-order valence-electron chi connectivity index (χ2n) is 26.8. The number of nitrogens with two attached hydrogens (primary N) is 7. The molecule has 3 heterocycles. The van der Waals surface area contributed by atoms with Crippen LogP contribution < -0.4 is 82.7 Å². The molecule has 0 aliphatic heterocycles. The summed E-state index contributed by atoms with van der Waals surface area (Å²) in [6, 6.07) is 28.9. The quantitative estimate of drug-likeness (QED) is 0.0243. The molecule has 0 bridgehead atoms. The standard InChI is InChI=1S/C78H106N18O9/c79-38-18-13-30-57(84)71(98)90-62(35-15-20-40-81)73(100)93-66(44-52-47-87-59-32-11-8-28-55(52)59)76(103)95-65(43-51-46-86-58-31-10-7-27-54(51)58)75(102)92-63(36-16-21-41-82)72(99)91-64(37-17-22-42-83)74(101)94-67(45-53-48-88-60-33-12-9-29-56(53)60)77(104)96-69(78(105)89-61(70(85)97)34-14-19-39-80)68(49-23-3-1-4-24-49)50-25-5-2-6-26-50/h1-12,23-29,31-33,46-48,57,61-69,86-88H,13-22,30,34-45,79-84H2,(H2,85,97)(H,89,105)(H,90,98)(H,91,99)(H,92,102)(H,93,100)(H,94,101)(H,95,103)(H,96,104)/t57-,61-,62-,63-,64-,65-,66-,67-,69-/m1/s1. The highest BCUT2D eigenvalue weighted by Gasteiger charge is 2.39. The lowest BCUT2D eigenvalue weighted by Gasteiger charge is -2.31. The predicted molar refractivity (Wildman–Crippen MR) is 408 cm³/mol. The average molecular weight is 1440 g/mol. The molecule has 0 aliphatic carbocycles. The lowest BCUT2D eigenvalue weighted by Crippen LogP contribution is -2.61. The van der Waals surface area contributed by atoms with Crippen LogP contribution >= 0.6 is 0 Å². The number of aromatic amines is 3. The van der Waals surface area contributed by atoms with Crippen molar-refractivity contribution in [1.82, 2.24) is 57.5 Å². The van der Waals surface area contributed by atoms with Gasteiger partial charge in [0, 0.05) is 76.5 Å². The van der Waals surface area contributed by atoms with Crippen molar-refractivity contribution in [2.24, 2.45) is 40.1 Å². The van der Waals surface area contributed by atoms with E-state index in [0.717, 1.165) is 32.7 Å². The van der Waals surface area contributed by atoms with E-state index >= 15 is 28.8 Å². The fourth-order valence-electron chi connectivity index (χ4n) is 13.2. The first kappa shape index (κ1) is 80.4. The zero-order valence-electron chi connectivity index (χ0n) is 59.7. The highest BCUT2D eigenvalue weighted by molar-refractivity contribution is 6.00. The van der Waals surface area contributed by atoms with E-state index in [1.165, 1.54) is 0 Å². The van der Waals surface area contributed by atoms with Crippen molar-refractivity contribution in [3.05, 3.63) is 180 Å². The number of carbonyl (C=O) groups excluding carboxylic acids is 9. The second-order valence-corrected chi connectivity index (χ2v) is 26.8. The Bertz CT molecular complexity index is 4070. The number of hydrogen-bond acceptors (Lipinski definition) is 15. The molecule has 27 nitrogen and oxygen atoms in total. The summed E-state index contributed by atoms with van der Waals surface area (Å²) in [6.07, 6.45) is 10.4. The number of H-pyrrole nitrogens is 3. The van der Waals surface area contributed by atoms with Crippen LogP contribution in [0.3, 0.4) is 0 Å². The smallest absolute Gasteiger partial charge is 0.244 e. The number of primary amides is 1. The number of unbranched alkanes of at least 4 members (excludes halogenated alkanes) is 5. The van der Waals surface area contributed by atoms with Crippen LogP contribution in [-0.4, -0.2) is 155 Å². The molecular weight excluding hydrogens is 1330 g/mol. The Morgan fingerprint density at radius 2 is 0.581 bits per heavy atom. The zero-order chi connectivity index (χ0) is 75.0. The van der Waals surface area contributed by atoms with Gasteiger partial charge in [0.1, 0.15) is 48.3 Å². The molecular formula is C78H106N18O9. The minimum atomic E-state index is -1.43. The summed E-state index contributed by atoms with van der Waals surface area (Å²) in [5.41, 5.74) is 47.2. The van der Waals surface area contributed by atoms with Crippen LogP contribution in [0.4, 0.5) is 0 Å². The van der Waals surface area contributed by atoms with E-state index in [-0.39, 0.29) is 58.0 Å². The molecule has 0 fully saturated rings. The third-order valence-corrected chi connectivity index (χ3v) is 19.1. The van der Waals surface area contributed by atoms with Crippen LogP contribution in [0.2, 0.25) is 0 Å². The number of benzene rings is 5. The minimum Gasteiger partial charge on any atom is -0.368 e. The molecule has 5 aromatic carbocycles. The largest absolute Gasteiger partial charge is 0.368 e. The minimum absolute atomic E-state index is 0.0232. The van der Waals surface area contributed by atoms with Gasteiger partial charge in [0.05, 0.1) is 6.04 Å². The van der Waals surface area contributed by atoms with Gasteiger partial charge in [0.2, 0.25) is 53.2 Å². The fraction of sp³-hybridized carbons (Fsp3) is 0.423. The average Bonchev–Trinajstić information content (AvgIpc) is 1.81. The van der Waals surface area contributed by atoms with Crippen molar-refractivity contribution in [2.75, 3.05) is 32.7 Å². The van der Waals surface area contributed by atoms with E-state index in [9.17, 15) is 14.4 Å². The molecule has 105 heavy (non-hydrogen) atoms. The van der Waals surface area contributed by atoms with Gasteiger partial charge in [-0.1, -0.05) is 122 Å². The predicted octanol–water partition coefficient (Wildman–Crippen LogP) is 3.33. The fourth-order valence-corrected chi connectivity index (χ4v) is 13.2. The van der Waals surface area contributed by atoms with Crippen molar-refractivity contribution in [2.45, 2.75) is 176 Å². The van der Waals surface area contributed by atoms with E-state index in [2.05, 4.69) is 57.5 Å². The highest BCUT2D eigenvalue weighted by Crippen LogP contribution is 2.30. The van der Waals surface area contributed by atoms with Crippen molar-refractivity contribution in [1.29, 1.82) is 0 Å². The maximum absolute atomic E-state index is 15.6. The van der Waals surface area contributed by atoms with Gasteiger partial charge in [-0.2, -0.15) is 0 Å². The van der Waals surface area contributed by atoms with Crippen molar-refractivity contribution >= 4 is 85.9 Å². The van der Waals surface area contributed by atoms with Crippen LogP contribution in [0, 0.1) is 0 Å². The number of carbonyl (C=O) groups is 9. The Labute approximate surface area is 612 Å². The number of amides is 9. The Morgan fingerprint density at radius 1 is 0.305 bits per heavy atom. The summed E-state index contributed by atoms with van der Waals surface area (Å²) in [7, 11) is 0. The molecule has 9 atom stereocenters. The molecule has 0 saturated carbocycles. The van der Waals surface area contributed by atoms with Gasteiger partial charge in [0.15, 0.2) is 0 Å². The van der Waals surface area contributed by atoms with Crippen LogP contribution in [0.15, 0.2) is 152 Å². The SMILES string of the molecule is NCCCC[C@@H](N)C(=O)N[C@H](CCCCN)C(=O)N[C@H](Cc1c[nH]c2ccccc12)C(=O)N[C@H](Cc1c[nH]c2ccccc12)C(=O)N[C@H](CCCCN)C(=O)N[C@H](CCCCN)C(=O)N[C@H](Cc1c[nH]c2ccccc12)C(=O)N[C@@H](C(=O)N[C@H](CCCCN)C(N)=O)C(c1ccccc1)c1ccccc1. The maximum Gasteiger partial charge on any atom is 0.244 e. The van der Waals surface area contributed by atoms with Gasteiger partial charge < -0.3 is 97.6 Å². The molecule has 0 radical (unpaired) electrons. The monoisotopic (exact) mass is 1440 g/mol. The summed E-state index contributed by atoms with van der Waals surface area (Å²) in [5, 5.41) is 25.6. The number of fused-ring (bicyclic) bond motifs is 3. The summed E-state index contributed by atoms with van der Waals surface area (Å²) in [4.78, 5) is 143. The summed E-state index contributed by atoms with van der Waals surface area (Å²) >= 11 is 0. The molecule has 25 N–H and O–H groups in total. The van der Waals surface area contributed by atoms with Gasteiger partial charge in [-0.3, -0.25) is 43.2 Å². The number of para-hydroxylation sites is 3. The third kappa shape index (κ3) is 23.6. The van der Waals surface area contributed by atoms with E-state index in [1.807, 2.05) is 133 Å². The first-order valence-electron chi connectivity index (χ1n) is 36.7. The van der Waals surface area contributed by atoms with E-state index in [1.54, 1.807) is 18.6 Å². The first-order valence-corrected chi connectivity index (χ1v) is 36.7. The highest BCUT2D eigenvalue weighted by atomic mass is 16.2. The topological polar surface area (TPSA) is 479 Å². The van der Waals surface area contributed by atoms with Crippen LogP contribution in [-0.2, 0) is 62.4 Å². The number of hydrogen-bond donors (Lipinski definition) is 18. The lowest BCUT2D eigenvalue weighted by molar-refractivity contribution is -0.136. The Morgan fingerprint density at radius 3 is 0.924 bits per heavy atom. The Hall–Kier alpha value is -10.3. The molecule has 8 aromatic rings. The van der Waals surface area contributed by atoms with Gasteiger partial charge in [0.25, 0.3) is 0 Å². The zero-order valence-corrected chi connectivity index (χ0v) is 59.7. The van der Waals surface area contributed by atoms with Gasteiger partial charge >= 0.3 is 0 Å².